The highest BCUT2D eigenvalue weighted by atomic mass is 35.5. The van der Waals surface area contributed by atoms with Crippen molar-refractivity contribution in [2.75, 3.05) is 6.61 Å². The van der Waals surface area contributed by atoms with Gasteiger partial charge in [0.25, 0.3) is 5.56 Å². The summed E-state index contributed by atoms with van der Waals surface area (Å²) in [5, 5.41) is -0.409. The highest BCUT2D eigenvalue weighted by Gasteiger charge is 2.54. The van der Waals surface area contributed by atoms with Crippen LogP contribution in [0.2, 0.25) is 5.02 Å². The smallest absolute Gasteiger partial charge is 0.346 e. The van der Waals surface area contributed by atoms with E-state index >= 15 is 0 Å². The van der Waals surface area contributed by atoms with Gasteiger partial charge in [-0.1, -0.05) is 41.9 Å². The zero-order chi connectivity index (χ0) is 34.2. The minimum Gasteiger partial charge on any atom is -0.346 e. The van der Waals surface area contributed by atoms with Crippen LogP contribution in [0.1, 0.15) is 11.8 Å². The standard InChI is InChI=1S/C23H25ClN2O17P4/c24-15-6-8-16(9-7-15)44(29,30)41-46(33,34)43-47(35,36)42-45(31,32)37-13-17-20-21(22(38-17)26-11-10-18(27)25-23(26)28)40-19(39-20)12-14-4-2-1-3-5-14/h1-11,17,19-22H,12-13H2,(H,29,30)(H,31,32)(H,33,34)(H,35,36)(H,25,27,28)/t17-,19?,20+,21?,22-/m1/s1. The number of benzene rings is 2. The number of aromatic nitrogens is 2. The molecule has 1 aromatic heterocycles. The molecule has 0 amide bonds. The molecule has 2 aliphatic heterocycles. The van der Waals surface area contributed by atoms with Crippen LogP contribution in [0.25, 0.3) is 0 Å². The summed E-state index contributed by atoms with van der Waals surface area (Å²) in [6, 6.07) is 14.3. The maximum absolute atomic E-state index is 12.6. The Kier molecular flexibility index (Phi) is 10.8. The Morgan fingerprint density at radius 2 is 1.40 bits per heavy atom. The molecule has 9 atom stereocenters. The monoisotopic (exact) mass is 760 g/mol. The van der Waals surface area contributed by atoms with E-state index < -0.39 is 85.1 Å². The van der Waals surface area contributed by atoms with E-state index in [1.165, 1.54) is 0 Å². The highest BCUT2D eigenvalue weighted by molar-refractivity contribution is 7.73. The Labute approximate surface area is 268 Å². The molecular weight excluding hydrogens is 736 g/mol. The number of rotatable bonds is 13. The minimum absolute atomic E-state index is 0.141. The van der Waals surface area contributed by atoms with E-state index in [4.69, 9.17) is 30.3 Å². The number of fused-ring (bicyclic) bond motifs is 1. The van der Waals surface area contributed by atoms with Gasteiger partial charge in [-0.3, -0.25) is 23.4 Å². The van der Waals surface area contributed by atoms with Crippen molar-refractivity contribution >= 4 is 48.0 Å². The number of halogens is 1. The normalized spacial score (nSPS) is 27.6. The molecule has 0 spiro atoms. The molecule has 3 heterocycles. The molecule has 19 nitrogen and oxygen atoms in total. The third-order valence-corrected chi connectivity index (χ3v) is 13.1. The molecule has 6 unspecified atom stereocenters. The lowest BCUT2D eigenvalue weighted by atomic mass is 10.1. The second-order valence-electron chi connectivity index (χ2n) is 9.85. The quantitative estimate of drug-likeness (QED) is 0.156. The maximum atomic E-state index is 12.6. The average molecular weight is 761 g/mol. The van der Waals surface area contributed by atoms with E-state index in [0.717, 1.165) is 46.7 Å². The second-order valence-corrected chi connectivity index (χ2v) is 16.9. The number of phosphoric ester groups is 1. The Morgan fingerprint density at radius 3 is 2.06 bits per heavy atom. The van der Waals surface area contributed by atoms with Crippen molar-refractivity contribution in [2.24, 2.45) is 0 Å². The largest absolute Gasteiger partial charge is 0.490 e. The van der Waals surface area contributed by atoms with E-state index in [9.17, 15) is 47.4 Å². The SMILES string of the molecule is O=c1ccn([C@@H]2O[C@H](COP(=O)(O)OP(=O)(O)OP(=O)(O)OP(=O)(O)c3ccc(Cl)cc3)[C@@H]3OC(Cc4ccccc4)OC32)c(=O)[nH]1. The van der Waals surface area contributed by atoms with Gasteiger partial charge in [0.2, 0.25) is 0 Å². The first kappa shape index (κ1) is 36.2. The lowest BCUT2D eigenvalue weighted by molar-refractivity contribution is -0.150. The summed E-state index contributed by atoms with van der Waals surface area (Å²) < 4.78 is 85.2. The van der Waals surface area contributed by atoms with Crippen molar-refractivity contribution in [3.05, 3.63) is 98.3 Å². The van der Waals surface area contributed by atoms with Crippen LogP contribution in [-0.2, 0) is 56.3 Å². The van der Waals surface area contributed by atoms with Crippen molar-refractivity contribution in [2.45, 2.75) is 37.3 Å². The molecule has 0 bridgehead atoms. The topological polar surface area (TPSA) is 269 Å². The van der Waals surface area contributed by atoms with Crippen molar-refractivity contribution in [3.63, 3.8) is 0 Å². The number of hydrogen-bond donors (Lipinski definition) is 5. The molecule has 2 aromatic carbocycles. The summed E-state index contributed by atoms with van der Waals surface area (Å²) in [4.78, 5) is 66.0. The van der Waals surface area contributed by atoms with Crippen LogP contribution in [0.5, 0.6) is 0 Å². The van der Waals surface area contributed by atoms with Crippen molar-refractivity contribution in [1.82, 2.24) is 9.55 Å². The first-order chi connectivity index (χ1) is 21.9. The Bertz CT molecular complexity index is 1910. The van der Waals surface area contributed by atoms with Crippen LogP contribution in [0.3, 0.4) is 0 Å². The predicted molar refractivity (Wildman–Crippen MR) is 159 cm³/mol. The van der Waals surface area contributed by atoms with Gasteiger partial charge >= 0.3 is 36.8 Å². The molecule has 0 radical (unpaired) electrons. The van der Waals surface area contributed by atoms with Gasteiger partial charge in [-0.05, 0) is 29.8 Å². The van der Waals surface area contributed by atoms with Gasteiger partial charge in [-0.25, -0.2) is 22.8 Å². The fourth-order valence-electron chi connectivity index (χ4n) is 4.59. The lowest BCUT2D eigenvalue weighted by Gasteiger charge is -2.22. The molecular formula is C23H25ClN2O17P4. The van der Waals surface area contributed by atoms with Crippen LogP contribution in [0, 0.1) is 0 Å². The third-order valence-electron chi connectivity index (χ3n) is 6.46. The van der Waals surface area contributed by atoms with Gasteiger partial charge in [0.15, 0.2) is 12.5 Å². The van der Waals surface area contributed by atoms with E-state index in [1.54, 1.807) is 18.2 Å². The molecule has 2 aliphatic rings. The van der Waals surface area contributed by atoms with Crippen LogP contribution in [-0.4, -0.2) is 60.3 Å². The first-order valence-corrected chi connectivity index (χ1v) is 19.5. The number of ether oxygens (including phenoxy) is 3. The van der Waals surface area contributed by atoms with Gasteiger partial charge in [-0.2, -0.15) is 8.62 Å². The maximum Gasteiger partial charge on any atom is 0.490 e. The summed E-state index contributed by atoms with van der Waals surface area (Å²) in [6.07, 6.45) is -4.09. The number of nitrogens with zero attached hydrogens (tertiary/aromatic N) is 1. The minimum atomic E-state index is -6.03. The number of nitrogens with one attached hydrogen (secondary N) is 1. The Hall–Kier alpha value is -2.11. The predicted octanol–water partition coefficient (Wildman–Crippen LogP) is 2.32. The van der Waals surface area contributed by atoms with Gasteiger partial charge in [-0.15, -0.1) is 0 Å². The van der Waals surface area contributed by atoms with Gasteiger partial charge < -0.3 is 33.8 Å². The van der Waals surface area contributed by atoms with Gasteiger partial charge in [0, 0.05) is 23.7 Å². The fraction of sp³-hybridized carbons (Fsp3) is 0.304. The van der Waals surface area contributed by atoms with Gasteiger partial charge in [0.1, 0.15) is 18.3 Å². The van der Waals surface area contributed by atoms with E-state index in [1.807, 2.05) is 12.1 Å². The summed E-state index contributed by atoms with van der Waals surface area (Å²) in [5.41, 5.74) is -0.733. The number of aromatic amines is 1. The molecule has 2 saturated heterocycles. The summed E-state index contributed by atoms with van der Waals surface area (Å²) in [6.45, 7) is -0.902. The molecule has 0 aliphatic carbocycles. The Morgan fingerprint density at radius 1 is 0.787 bits per heavy atom. The van der Waals surface area contributed by atoms with Crippen LogP contribution in [0.4, 0.5) is 0 Å². The zero-order valence-corrected chi connectivity index (χ0v) is 27.7. The Balaban J connectivity index is 1.26. The van der Waals surface area contributed by atoms with Crippen LogP contribution in [0.15, 0.2) is 76.4 Å². The fourth-order valence-corrected chi connectivity index (χ4v) is 10.1. The van der Waals surface area contributed by atoms with Crippen molar-refractivity contribution in [3.8, 4) is 0 Å². The van der Waals surface area contributed by atoms with E-state index in [-0.39, 0.29) is 11.4 Å². The summed E-state index contributed by atoms with van der Waals surface area (Å²) in [7, 11) is -22.8. The molecule has 2 fully saturated rings. The molecule has 5 N–H and O–H groups in total. The van der Waals surface area contributed by atoms with Gasteiger partial charge in [0.05, 0.1) is 11.9 Å². The highest BCUT2D eigenvalue weighted by Crippen LogP contribution is 2.71. The first-order valence-electron chi connectivity index (χ1n) is 13.1. The molecule has 0 saturated carbocycles. The number of H-pyrrole nitrogens is 1. The lowest BCUT2D eigenvalue weighted by Crippen LogP contribution is -2.36. The van der Waals surface area contributed by atoms with Crippen molar-refractivity contribution < 1.29 is 69.5 Å². The summed E-state index contributed by atoms with van der Waals surface area (Å²) in [5.74, 6) is 0. The van der Waals surface area contributed by atoms with Crippen LogP contribution >= 0.6 is 42.7 Å². The zero-order valence-electron chi connectivity index (χ0n) is 23.4. The van der Waals surface area contributed by atoms with E-state index in [2.05, 4.69) is 17.9 Å². The number of hydrogen-bond acceptors (Lipinski definition) is 13. The molecule has 5 rings (SSSR count). The summed E-state index contributed by atoms with van der Waals surface area (Å²) >= 11 is 5.68. The molecule has 3 aromatic rings. The molecule has 24 heteroatoms. The second kappa shape index (κ2) is 14.0. The molecule has 256 valence electrons. The molecule has 47 heavy (non-hydrogen) atoms. The third kappa shape index (κ3) is 9.32. The number of phosphoric acid groups is 3. The van der Waals surface area contributed by atoms with Crippen molar-refractivity contribution in [1.29, 1.82) is 0 Å². The van der Waals surface area contributed by atoms with E-state index in [0.29, 0.717) is 0 Å². The average Bonchev–Trinajstić information content (AvgIpc) is 3.50. The van der Waals surface area contributed by atoms with Crippen LogP contribution < -0.4 is 16.6 Å².